The number of fused-ring (bicyclic) bond motifs is 1. The van der Waals surface area contributed by atoms with Gasteiger partial charge in [0.15, 0.2) is 5.50 Å². The van der Waals surface area contributed by atoms with Crippen LogP contribution in [0, 0.1) is 5.82 Å². The molecule has 0 fully saturated rings. The number of alkyl halides is 3. The van der Waals surface area contributed by atoms with Crippen LogP contribution < -0.4 is 5.32 Å². The lowest BCUT2D eigenvalue weighted by Crippen LogP contribution is -2.47. The van der Waals surface area contributed by atoms with E-state index in [1.165, 1.54) is 29.3 Å². The zero-order chi connectivity index (χ0) is 16.8. The van der Waals surface area contributed by atoms with Gasteiger partial charge < -0.3 is 10.2 Å². The molecule has 0 saturated heterocycles. The third kappa shape index (κ3) is 2.86. The molecular formula is C15H10F4N2OS. The van der Waals surface area contributed by atoms with E-state index in [4.69, 9.17) is 0 Å². The minimum atomic E-state index is -4.55. The summed E-state index contributed by atoms with van der Waals surface area (Å²) in [6.45, 7) is 0. The van der Waals surface area contributed by atoms with Gasteiger partial charge in [0, 0.05) is 6.20 Å². The highest BCUT2D eigenvalue weighted by Crippen LogP contribution is 2.37. The van der Waals surface area contributed by atoms with E-state index in [0.29, 0.717) is 0 Å². The Morgan fingerprint density at radius 2 is 2.00 bits per heavy atom. The number of hydrogen-bond donors (Lipinski definition) is 2. The van der Waals surface area contributed by atoms with Crippen LogP contribution in [0.15, 0.2) is 53.9 Å². The van der Waals surface area contributed by atoms with E-state index in [1.54, 1.807) is 0 Å². The highest BCUT2D eigenvalue weighted by molar-refractivity contribution is 7.80. The van der Waals surface area contributed by atoms with Crippen LogP contribution in [0.2, 0.25) is 0 Å². The highest BCUT2D eigenvalue weighted by Gasteiger charge is 2.38. The molecule has 1 N–H and O–H groups in total. The van der Waals surface area contributed by atoms with Gasteiger partial charge in [-0.1, -0.05) is 12.1 Å². The molecule has 2 heterocycles. The van der Waals surface area contributed by atoms with Crippen LogP contribution in [0.4, 0.5) is 17.6 Å². The first-order valence-corrected chi connectivity index (χ1v) is 7.03. The van der Waals surface area contributed by atoms with Gasteiger partial charge in [0.25, 0.3) is 5.91 Å². The molecule has 0 aromatic heterocycles. The molecule has 0 radical (unpaired) electrons. The predicted octanol–water partition coefficient (Wildman–Crippen LogP) is 3.20. The number of benzene rings is 1. The van der Waals surface area contributed by atoms with Crippen molar-refractivity contribution in [3.05, 3.63) is 65.3 Å². The molecule has 1 atom stereocenters. The fourth-order valence-electron chi connectivity index (χ4n) is 2.40. The van der Waals surface area contributed by atoms with Gasteiger partial charge in [-0.3, -0.25) is 4.79 Å². The Balaban J connectivity index is 2.22. The number of amides is 1. The van der Waals surface area contributed by atoms with E-state index in [2.05, 4.69) is 17.9 Å². The van der Waals surface area contributed by atoms with Crippen molar-refractivity contribution in [1.29, 1.82) is 0 Å². The van der Waals surface area contributed by atoms with Crippen molar-refractivity contribution in [1.82, 2.24) is 10.2 Å². The number of carbonyl (C=O) groups is 1. The van der Waals surface area contributed by atoms with Gasteiger partial charge in [-0.15, -0.1) is 12.6 Å². The third-order valence-electron chi connectivity index (χ3n) is 3.43. The zero-order valence-electron chi connectivity index (χ0n) is 11.4. The van der Waals surface area contributed by atoms with Gasteiger partial charge in [0.1, 0.15) is 5.82 Å². The molecule has 3 nitrogen and oxygen atoms in total. The lowest BCUT2D eigenvalue weighted by molar-refractivity contribution is -0.117. The number of rotatable bonds is 1. The van der Waals surface area contributed by atoms with Crippen LogP contribution in [0.25, 0.3) is 5.57 Å². The van der Waals surface area contributed by atoms with E-state index in [1.807, 2.05) is 0 Å². The molecule has 1 aromatic rings. The smallest absolute Gasteiger partial charge is 0.323 e. The van der Waals surface area contributed by atoms with Crippen LogP contribution in [0.3, 0.4) is 0 Å². The fraction of sp³-hybridized carbons (Fsp3) is 0.133. The summed E-state index contributed by atoms with van der Waals surface area (Å²) in [6.07, 6.45) is -1.60. The molecule has 0 saturated carbocycles. The molecule has 1 aromatic carbocycles. The molecule has 3 rings (SSSR count). The summed E-state index contributed by atoms with van der Waals surface area (Å²) < 4.78 is 52.3. The second-order valence-electron chi connectivity index (χ2n) is 4.94. The summed E-state index contributed by atoms with van der Waals surface area (Å²) in [4.78, 5) is 13.6. The van der Waals surface area contributed by atoms with Crippen LogP contribution in [0.5, 0.6) is 0 Å². The number of nitrogens with one attached hydrogen (secondary N) is 1. The van der Waals surface area contributed by atoms with Gasteiger partial charge in [-0.05, 0) is 29.8 Å². The molecule has 2 aliphatic rings. The topological polar surface area (TPSA) is 32.3 Å². The van der Waals surface area contributed by atoms with Gasteiger partial charge in [0.05, 0.1) is 16.8 Å². The Bertz CT molecular complexity index is 767. The molecule has 1 unspecified atom stereocenters. The molecule has 23 heavy (non-hydrogen) atoms. The molecule has 0 bridgehead atoms. The SMILES string of the molecule is O=C1NC(S)N2C=CC(C(F)(F)F)=CC2=C1c1cccc(F)c1. The maximum absolute atomic E-state index is 13.4. The van der Waals surface area contributed by atoms with Crippen molar-refractivity contribution in [2.45, 2.75) is 11.7 Å². The Morgan fingerprint density at radius 1 is 1.26 bits per heavy atom. The first-order chi connectivity index (χ1) is 10.8. The number of thiol groups is 1. The second kappa shape index (κ2) is 5.45. The Morgan fingerprint density at radius 3 is 2.65 bits per heavy atom. The number of nitrogens with zero attached hydrogens (tertiary/aromatic N) is 1. The first-order valence-electron chi connectivity index (χ1n) is 6.52. The predicted molar refractivity (Wildman–Crippen MR) is 79.4 cm³/mol. The summed E-state index contributed by atoms with van der Waals surface area (Å²) in [6, 6.07) is 5.13. The van der Waals surface area contributed by atoms with Crippen LogP contribution in [0.1, 0.15) is 5.56 Å². The lowest BCUT2D eigenvalue weighted by atomic mass is 9.97. The Kier molecular flexibility index (Phi) is 3.71. The standard InChI is InChI=1S/C15H10F4N2OS/c16-10-3-1-2-8(6-10)12-11-7-9(15(17,18)19)4-5-21(11)14(23)20-13(12)22/h1-7,14,23H,(H,20,22). The van der Waals surface area contributed by atoms with Gasteiger partial charge >= 0.3 is 6.18 Å². The van der Waals surface area contributed by atoms with Crippen LogP contribution in [-0.2, 0) is 4.79 Å². The van der Waals surface area contributed by atoms with Gasteiger partial charge in [0.2, 0.25) is 0 Å². The normalized spacial score (nSPS) is 21.1. The summed E-state index contributed by atoms with van der Waals surface area (Å²) in [5.74, 6) is -1.20. The summed E-state index contributed by atoms with van der Waals surface area (Å²) in [5, 5.41) is 2.51. The number of allylic oxidation sites excluding steroid dienone is 3. The average molecular weight is 342 g/mol. The molecular weight excluding hydrogens is 332 g/mol. The van der Waals surface area contributed by atoms with Crippen molar-refractivity contribution in [3.63, 3.8) is 0 Å². The largest absolute Gasteiger partial charge is 0.416 e. The molecule has 120 valence electrons. The number of halogens is 4. The minimum Gasteiger partial charge on any atom is -0.323 e. The Labute approximate surface area is 134 Å². The average Bonchev–Trinajstić information content (AvgIpc) is 2.46. The molecule has 8 heteroatoms. The van der Waals surface area contributed by atoms with Crippen molar-refractivity contribution in [3.8, 4) is 0 Å². The molecule has 0 spiro atoms. The van der Waals surface area contributed by atoms with Gasteiger partial charge in [-0.25, -0.2) is 4.39 Å². The maximum atomic E-state index is 13.4. The van der Waals surface area contributed by atoms with E-state index in [-0.39, 0.29) is 16.8 Å². The lowest BCUT2D eigenvalue weighted by Gasteiger charge is -2.37. The van der Waals surface area contributed by atoms with E-state index >= 15 is 0 Å². The number of hydrogen-bond acceptors (Lipinski definition) is 3. The molecule has 1 amide bonds. The van der Waals surface area contributed by atoms with Crippen LogP contribution in [-0.4, -0.2) is 22.5 Å². The highest BCUT2D eigenvalue weighted by atomic mass is 32.1. The van der Waals surface area contributed by atoms with Crippen molar-refractivity contribution >= 4 is 24.1 Å². The molecule has 2 aliphatic heterocycles. The maximum Gasteiger partial charge on any atom is 0.416 e. The van der Waals surface area contributed by atoms with Crippen molar-refractivity contribution in [2.75, 3.05) is 0 Å². The van der Waals surface area contributed by atoms with Crippen molar-refractivity contribution < 1.29 is 22.4 Å². The minimum absolute atomic E-state index is 0.0224. The summed E-state index contributed by atoms with van der Waals surface area (Å²) in [5.41, 5.74) is -1.53. The van der Waals surface area contributed by atoms with Crippen LogP contribution >= 0.6 is 12.6 Å². The second-order valence-corrected chi connectivity index (χ2v) is 5.43. The summed E-state index contributed by atoms with van der Waals surface area (Å²) in [7, 11) is 0. The monoisotopic (exact) mass is 342 g/mol. The molecule has 0 aliphatic carbocycles. The van der Waals surface area contributed by atoms with Gasteiger partial charge in [-0.2, -0.15) is 13.2 Å². The van der Waals surface area contributed by atoms with E-state index in [0.717, 1.165) is 18.2 Å². The zero-order valence-corrected chi connectivity index (χ0v) is 12.3. The fourth-order valence-corrected chi connectivity index (χ4v) is 2.72. The first kappa shape index (κ1) is 15.7. The quantitative estimate of drug-likeness (QED) is 0.607. The number of carbonyl (C=O) groups excluding carboxylic acids is 1. The summed E-state index contributed by atoms with van der Waals surface area (Å²) >= 11 is 4.14. The van der Waals surface area contributed by atoms with Crippen molar-refractivity contribution in [2.24, 2.45) is 0 Å². The van der Waals surface area contributed by atoms with E-state index in [9.17, 15) is 22.4 Å². The van der Waals surface area contributed by atoms with E-state index < -0.39 is 29.0 Å². The Hall–Kier alpha value is -2.22. The third-order valence-corrected chi connectivity index (χ3v) is 3.81.